The number of rotatable bonds is 2. The Morgan fingerprint density at radius 2 is 2.31 bits per heavy atom. The topological polar surface area (TPSA) is 3.24 Å². The minimum atomic E-state index is 0.712. The molecule has 1 heterocycles. The number of nitrogens with zero attached hydrogens (tertiary/aromatic N) is 1. The first kappa shape index (κ1) is 9.85. The molecule has 0 bridgehead atoms. The van der Waals surface area contributed by atoms with Crippen molar-refractivity contribution < 1.29 is 0 Å². The number of likely N-dealkylation sites (tertiary alicyclic amines) is 1. The Morgan fingerprint density at radius 1 is 1.46 bits per heavy atom. The highest BCUT2D eigenvalue weighted by atomic mass is 32.1. The molecule has 13 heavy (non-hydrogen) atoms. The third-order valence-electron chi connectivity index (χ3n) is 4.03. The number of thiol groups is 1. The third kappa shape index (κ3) is 1.89. The summed E-state index contributed by atoms with van der Waals surface area (Å²) in [5, 5.41) is 0. The Bertz CT molecular complexity index is 161. The van der Waals surface area contributed by atoms with Crippen LogP contribution in [-0.2, 0) is 0 Å². The van der Waals surface area contributed by atoms with Crippen molar-refractivity contribution >= 4 is 12.6 Å². The minimum absolute atomic E-state index is 0.712. The fourth-order valence-corrected chi connectivity index (χ4v) is 3.46. The van der Waals surface area contributed by atoms with E-state index in [2.05, 4.69) is 24.5 Å². The predicted molar refractivity (Wildman–Crippen MR) is 60.4 cm³/mol. The van der Waals surface area contributed by atoms with Crippen molar-refractivity contribution in [1.29, 1.82) is 0 Å². The lowest BCUT2D eigenvalue weighted by Gasteiger charge is -2.23. The van der Waals surface area contributed by atoms with Gasteiger partial charge < -0.3 is 4.90 Å². The summed E-state index contributed by atoms with van der Waals surface area (Å²) < 4.78 is 0. The Kier molecular flexibility index (Phi) is 2.89. The van der Waals surface area contributed by atoms with Gasteiger partial charge in [0, 0.05) is 6.54 Å². The molecule has 0 N–H and O–H groups in total. The summed E-state index contributed by atoms with van der Waals surface area (Å²) in [5.74, 6) is 2.02. The second-order valence-electron chi connectivity index (χ2n) is 4.91. The normalized spacial score (nSPS) is 40.6. The molecule has 1 spiro atoms. The van der Waals surface area contributed by atoms with Crippen molar-refractivity contribution in [2.75, 3.05) is 25.4 Å². The quantitative estimate of drug-likeness (QED) is 0.669. The average Bonchev–Trinajstić information content (AvgIpc) is 2.74. The van der Waals surface area contributed by atoms with E-state index < -0.39 is 0 Å². The summed E-state index contributed by atoms with van der Waals surface area (Å²) in [4.78, 5) is 2.61. The predicted octanol–water partition coefficient (Wildman–Crippen LogP) is 2.43. The molecule has 1 nitrogen and oxygen atoms in total. The largest absolute Gasteiger partial charge is 0.303 e. The molecule has 76 valence electrons. The molecular weight excluding hydrogens is 178 g/mol. The van der Waals surface area contributed by atoms with E-state index in [1.165, 1.54) is 45.3 Å². The summed E-state index contributed by atoms with van der Waals surface area (Å²) in [6, 6.07) is 0. The summed E-state index contributed by atoms with van der Waals surface area (Å²) in [5.41, 5.74) is 0.712. The maximum Gasteiger partial charge on any atom is 0.00384 e. The van der Waals surface area contributed by atoms with Gasteiger partial charge in [0.15, 0.2) is 0 Å². The van der Waals surface area contributed by atoms with Gasteiger partial charge in [0.05, 0.1) is 0 Å². The molecule has 0 aromatic carbocycles. The van der Waals surface area contributed by atoms with E-state index in [-0.39, 0.29) is 0 Å². The van der Waals surface area contributed by atoms with Crippen LogP contribution in [0.5, 0.6) is 0 Å². The molecule has 0 amide bonds. The molecule has 2 aliphatic rings. The van der Waals surface area contributed by atoms with Crippen LogP contribution in [0.15, 0.2) is 0 Å². The van der Waals surface area contributed by atoms with E-state index >= 15 is 0 Å². The second kappa shape index (κ2) is 3.82. The lowest BCUT2D eigenvalue weighted by atomic mass is 9.85. The van der Waals surface area contributed by atoms with Gasteiger partial charge in [-0.1, -0.05) is 6.92 Å². The van der Waals surface area contributed by atoms with Crippen LogP contribution in [0.2, 0.25) is 0 Å². The van der Waals surface area contributed by atoms with E-state index in [1.807, 2.05) is 0 Å². The second-order valence-corrected chi connectivity index (χ2v) is 5.28. The van der Waals surface area contributed by atoms with Gasteiger partial charge in [-0.05, 0) is 55.9 Å². The minimum Gasteiger partial charge on any atom is -0.303 e. The van der Waals surface area contributed by atoms with Gasteiger partial charge in [-0.25, -0.2) is 0 Å². The van der Waals surface area contributed by atoms with Crippen LogP contribution in [0.25, 0.3) is 0 Å². The number of hydrogen-bond donors (Lipinski definition) is 1. The van der Waals surface area contributed by atoms with Crippen molar-refractivity contribution in [3.63, 3.8) is 0 Å². The van der Waals surface area contributed by atoms with E-state index in [1.54, 1.807) is 0 Å². The lowest BCUT2D eigenvalue weighted by molar-refractivity contribution is 0.263. The van der Waals surface area contributed by atoms with Crippen molar-refractivity contribution in [1.82, 2.24) is 4.90 Å². The van der Waals surface area contributed by atoms with Crippen molar-refractivity contribution in [3.05, 3.63) is 0 Å². The molecule has 0 aromatic heterocycles. The highest BCUT2D eigenvalue weighted by molar-refractivity contribution is 7.80. The fourth-order valence-electron chi connectivity index (χ4n) is 3.15. The van der Waals surface area contributed by atoms with Crippen molar-refractivity contribution in [2.45, 2.75) is 32.6 Å². The van der Waals surface area contributed by atoms with Crippen molar-refractivity contribution in [3.8, 4) is 0 Å². The SMILES string of the molecule is CCN1CC[C@]2(CC[C@@H](CS)C2)C1. The van der Waals surface area contributed by atoms with E-state index in [9.17, 15) is 0 Å². The van der Waals surface area contributed by atoms with Gasteiger partial charge in [-0.2, -0.15) is 12.6 Å². The fraction of sp³-hybridized carbons (Fsp3) is 1.00. The molecule has 1 aliphatic heterocycles. The van der Waals surface area contributed by atoms with Crippen LogP contribution in [-0.4, -0.2) is 30.3 Å². The van der Waals surface area contributed by atoms with E-state index in [0.29, 0.717) is 5.41 Å². The van der Waals surface area contributed by atoms with Crippen LogP contribution in [0, 0.1) is 11.3 Å². The maximum atomic E-state index is 4.42. The first-order valence-corrected chi connectivity index (χ1v) is 6.24. The Hall–Kier alpha value is 0.310. The molecule has 1 aliphatic carbocycles. The molecule has 0 unspecified atom stereocenters. The Balaban J connectivity index is 1.93. The van der Waals surface area contributed by atoms with Gasteiger partial charge >= 0.3 is 0 Å². The standard InChI is InChI=1S/C11H21NS/c1-2-12-6-5-11(9-12)4-3-10(7-11)8-13/h10,13H,2-9H2,1H3/t10-,11+/m1/s1. The van der Waals surface area contributed by atoms with Crippen LogP contribution in [0.4, 0.5) is 0 Å². The molecule has 1 saturated heterocycles. The Labute approximate surface area is 87.3 Å². The molecule has 1 saturated carbocycles. The first-order chi connectivity index (χ1) is 6.28. The zero-order chi connectivity index (χ0) is 9.31. The van der Waals surface area contributed by atoms with Crippen LogP contribution < -0.4 is 0 Å². The highest BCUT2D eigenvalue weighted by Gasteiger charge is 2.42. The summed E-state index contributed by atoms with van der Waals surface area (Å²) in [6.45, 7) is 6.24. The third-order valence-corrected chi connectivity index (χ3v) is 4.54. The lowest BCUT2D eigenvalue weighted by Crippen LogP contribution is -2.25. The van der Waals surface area contributed by atoms with Gasteiger partial charge in [0.25, 0.3) is 0 Å². The van der Waals surface area contributed by atoms with E-state index in [4.69, 9.17) is 0 Å². The van der Waals surface area contributed by atoms with Crippen LogP contribution in [0.3, 0.4) is 0 Å². The molecule has 0 aromatic rings. The zero-order valence-corrected chi connectivity index (χ0v) is 9.52. The summed E-state index contributed by atoms with van der Waals surface area (Å²) in [7, 11) is 0. The first-order valence-electron chi connectivity index (χ1n) is 5.61. The monoisotopic (exact) mass is 199 g/mol. The summed E-state index contributed by atoms with van der Waals surface area (Å²) in [6.07, 6.45) is 5.80. The smallest absolute Gasteiger partial charge is 0.00384 e. The number of hydrogen-bond acceptors (Lipinski definition) is 2. The molecule has 2 rings (SSSR count). The van der Waals surface area contributed by atoms with Crippen molar-refractivity contribution in [2.24, 2.45) is 11.3 Å². The summed E-state index contributed by atoms with van der Waals surface area (Å²) >= 11 is 4.42. The molecular formula is C11H21NS. The van der Waals surface area contributed by atoms with Gasteiger partial charge in [0.1, 0.15) is 0 Å². The molecule has 0 radical (unpaired) electrons. The zero-order valence-electron chi connectivity index (χ0n) is 8.63. The molecule has 2 heteroatoms. The maximum absolute atomic E-state index is 4.42. The van der Waals surface area contributed by atoms with Crippen LogP contribution >= 0.6 is 12.6 Å². The van der Waals surface area contributed by atoms with Gasteiger partial charge in [-0.15, -0.1) is 0 Å². The van der Waals surface area contributed by atoms with E-state index in [0.717, 1.165) is 11.7 Å². The van der Waals surface area contributed by atoms with Gasteiger partial charge in [0.2, 0.25) is 0 Å². The Morgan fingerprint density at radius 3 is 2.85 bits per heavy atom. The average molecular weight is 199 g/mol. The molecule has 2 fully saturated rings. The highest BCUT2D eigenvalue weighted by Crippen LogP contribution is 2.48. The molecule has 2 atom stereocenters. The van der Waals surface area contributed by atoms with Crippen LogP contribution in [0.1, 0.15) is 32.6 Å². The van der Waals surface area contributed by atoms with Gasteiger partial charge in [-0.3, -0.25) is 0 Å².